The van der Waals surface area contributed by atoms with E-state index >= 15 is 0 Å². The fraction of sp³-hybridized carbons (Fsp3) is 0.440. The highest BCUT2D eigenvalue weighted by Crippen LogP contribution is 2.30. The highest BCUT2D eigenvalue weighted by atomic mass is 16.5. The molecule has 4 rings (SSSR count). The van der Waals surface area contributed by atoms with E-state index in [1.807, 2.05) is 31.3 Å². The molecule has 2 fully saturated rings. The van der Waals surface area contributed by atoms with Gasteiger partial charge in [0.25, 0.3) is 0 Å². The molecule has 0 radical (unpaired) electrons. The van der Waals surface area contributed by atoms with Gasteiger partial charge in [0.05, 0.1) is 12.7 Å². The molecule has 2 aromatic rings. The molecule has 32 heavy (non-hydrogen) atoms. The number of anilines is 1. The number of aromatic amines is 1. The Morgan fingerprint density at radius 1 is 1.06 bits per heavy atom. The smallest absolute Gasteiger partial charge is 0.225 e. The summed E-state index contributed by atoms with van der Waals surface area (Å²) in [4.78, 5) is 16.2. The maximum absolute atomic E-state index is 12.2. The molecule has 170 valence electrons. The molecule has 1 saturated heterocycles. The van der Waals surface area contributed by atoms with Gasteiger partial charge in [-0.15, -0.1) is 0 Å². The molecular weight excluding hydrogens is 402 g/mol. The van der Waals surface area contributed by atoms with Crippen molar-refractivity contribution in [1.29, 1.82) is 0 Å². The van der Waals surface area contributed by atoms with Crippen LogP contribution in [0.1, 0.15) is 24.5 Å². The Bertz CT molecular complexity index is 947. The highest BCUT2D eigenvalue weighted by molar-refractivity contribution is 5.80. The second-order valence-electron chi connectivity index (χ2n) is 8.57. The lowest BCUT2D eigenvalue weighted by Crippen LogP contribution is -2.35. The summed E-state index contributed by atoms with van der Waals surface area (Å²) >= 11 is 0. The molecule has 1 aromatic heterocycles. The van der Waals surface area contributed by atoms with Gasteiger partial charge >= 0.3 is 0 Å². The molecular formula is C25H33N5O2. The van der Waals surface area contributed by atoms with Crippen LogP contribution in [-0.2, 0) is 9.53 Å². The van der Waals surface area contributed by atoms with Crippen molar-refractivity contribution in [2.24, 2.45) is 5.92 Å². The van der Waals surface area contributed by atoms with E-state index in [0.717, 1.165) is 55.9 Å². The lowest BCUT2D eigenvalue weighted by molar-refractivity contribution is -0.131. The first-order valence-corrected chi connectivity index (χ1v) is 11.4. The zero-order valence-electron chi connectivity index (χ0n) is 19.0. The Hall–Kier alpha value is -2.90. The molecule has 1 atom stereocenters. The van der Waals surface area contributed by atoms with Gasteiger partial charge < -0.3 is 19.9 Å². The van der Waals surface area contributed by atoms with Crippen LogP contribution in [0.5, 0.6) is 0 Å². The second-order valence-corrected chi connectivity index (χ2v) is 8.57. The van der Waals surface area contributed by atoms with E-state index in [1.165, 1.54) is 5.56 Å². The summed E-state index contributed by atoms with van der Waals surface area (Å²) in [6, 6.07) is 14.7. The summed E-state index contributed by atoms with van der Waals surface area (Å²) in [5, 5.41) is 10.6. The van der Waals surface area contributed by atoms with Gasteiger partial charge in [0.2, 0.25) is 5.91 Å². The first-order valence-electron chi connectivity index (χ1n) is 11.4. The number of benzene rings is 1. The van der Waals surface area contributed by atoms with Crippen molar-refractivity contribution < 1.29 is 9.53 Å². The van der Waals surface area contributed by atoms with Crippen LogP contribution in [0.25, 0.3) is 11.1 Å². The Morgan fingerprint density at radius 3 is 2.56 bits per heavy atom. The third kappa shape index (κ3) is 5.87. The predicted octanol–water partition coefficient (Wildman–Crippen LogP) is 3.17. The van der Waals surface area contributed by atoms with Crippen molar-refractivity contribution >= 4 is 11.6 Å². The van der Waals surface area contributed by atoms with Gasteiger partial charge in [-0.2, -0.15) is 5.10 Å². The van der Waals surface area contributed by atoms with E-state index in [4.69, 9.17) is 4.74 Å². The van der Waals surface area contributed by atoms with Crippen molar-refractivity contribution in [2.75, 3.05) is 51.8 Å². The first-order chi connectivity index (χ1) is 15.6. The number of aromatic nitrogens is 2. The maximum atomic E-state index is 12.2. The molecule has 2 N–H and O–H groups in total. The van der Waals surface area contributed by atoms with E-state index in [0.29, 0.717) is 6.54 Å². The van der Waals surface area contributed by atoms with Gasteiger partial charge in [-0.25, -0.2) is 0 Å². The third-order valence-electron chi connectivity index (χ3n) is 6.11. The van der Waals surface area contributed by atoms with Crippen LogP contribution < -0.4 is 10.2 Å². The quantitative estimate of drug-likeness (QED) is 0.699. The van der Waals surface area contributed by atoms with Gasteiger partial charge in [-0.05, 0) is 41.7 Å². The van der Waals surface area contributed by atoms with E-state index in [2.05, 4.69) is 56.8 Å². The largest absolute Gasteiger partial charge is 0.373 e. The van der Waals surface area contributed by atoms with Crippen molar-refractivity contribution in [1.82, 2.24) is 20.4 Å². The van der Waals surface area contributed by atoms with Gasteiger partial charge in [0, 0.05) is 64.3 Å². The Kier molecular flexibility index (Phi) is 7.39. The fourth-order valence-corrected chi connectivity index (χ4v) is 3.83. The van der Waals surface area contributed by atoms with Crippen LogP contribution in [-0.4, -0.2) is 67.9 Å². The minimum Gasteiger partial charge on any atom is -0.373 e. The van der Waals surface area contributed by atoms with Gasteiger partial charge in [0.1, 0.15) is 0 Å². The fourth-order valence-electron chi connectivity index (χ4n) is 3.83. The van der Waals surface area contributed by atoms with E-state index in [1.54, 1.807) is 6.20 Å². The van der Waals surface area contributed by atoms with Crippen molar-refractivity contribution in [3.8, 4) is 11.1 Å². The van der Waals surface area contributed by atoms with Crippen LogP contribution >= 0.6 is 0 Å². The topological polar surface area (TPSA) is 73.5 Å². The SMILES string of the molecule is CN(CCN(C)c1ccn[nH]cc(-c2ccc(C3CNCCO3)cc2)cc1)C(=O)C1CC1. The molecule has 2 aliphatic rings. The number of likely N-dealkylation sites (N-methyl/N-ethyl adjacent to an activating group) is 2. The maximum Gasteiger partial charge on any atom is 0.225 e. The molecule has 1 unspecified atom stereocenters. The number of amides is 1. The van der Waals surface area contributed by atoms with Crippen LogP contribution in [0.3, 0.4) is 0 Å². The summed E-state index contributed by atoms with van der Waals surface area (Å²) in [5.74, 6) is 0.527. The summed E-state index contributed by atoms with van der Waals surface area (Å²) in [6.45, 7) is 3.97. The number of carbonyl (C=O) groups is 1. The van der Waals surface area contributed by atoms with Crippen molar-refractivity contribution in [2.45, 2.75) is 18.9 Å². The van der Waals surface area contributed by atoms with E-state index < -0.39 is 0 Å². The lowest BCUT2D eigenvalue weighted by atomic mass is 10.0. The highest BCUT2D eigenvalue weighted by Gasteiger charge is 2.31. The first kappa shape index (κ1) is 22.3. The normalized spacial score (nSPS) is 18.0. The van der Waals surface area contributed by atoms with Crippen LogP contribution in [0.2, 0.25) is 0 Å². The number of H-pyrrole nitrogens is 1. The molecule has 0 spiro atoms. The number of ether oxygens (including phenoxy) is 1. The molecule has 0 bridgehead atoms. The monoisotopic (exact) mass is 435 g/mol. The Morgan fingerprint density at radius 2 is 1.84 bits per heavy atom. The Balaban J connectivity index is 1.46. The Labute approximate surface area is 190 Å². The summed E-state index contributed by atoms with van der Waals surface area (Å²) in [7, 11) is 3.94. The summed E-state index contributed by atoms with van der Waals surface area (Å²) < 4.78 is 5.85. The minimum absolute atomic E-state index is 0.110. The van der Waals surface area contributed by atoms with E-state index in [9.17, 15) is 4.79 Å². The lowest BCUT2D eigenvalue weighted by Gasteiger charge is -2.24. The summed E-state index contributed by atoms with van der Waals surface area (Å²) in [6.07, 6.45) is 5.84. The van der Waals surface area contributed by atoms with Crippen molar-refractivity contribution in [3.05, 3.63) is 60.4 Å². The van der Waals surface area contributed by atoms with Gasteiger partial charge in [0.15, 0.2) is 0 Å². The number of morpholine rings is 1. The molecule has 1 aliphatic carbocycles. The molecule has 2 heterocycles. The van der Waals surface area contributed by atoms with Crippen LogP contribution in [0, 0.1) is 5.92 Å². The summed E-state index contributed by atoms with van der Waals surface area (Å²) in [5.41, 5.74) is 4.37. The molecule has 1 amide bonds. The van der Waals surface area contributed by atoms with Gasteiger partial charge in [-0.3, -0.25) is 9.89 Å². The van der Waals surface area contributed by atoms with Crippen molar-refractivity contribution in [3.63, 3.8) is 0 Å². The molecule has 7 nitrogen and oxygen atoms in total. The van der Waals surface area contributed by atoms with Crippen LogP contribution in [0.4, 0.5) is 5.69 Å². The molecule has 7 heteroatoms. The third-order valence-corrected chi connectivity index (χ3v) is 6.11. The zero-order chi connectivity index (χ0) is 22.3. The number of hydrogen-bond donors (Lipinski definition) is 2. The molecule has 1 aromatic carbocycles. The number of rotatable bonds is 7. The number of nitrogens with one attached hydrogen (secondary N) is 2. The molecule has 1 aliphatic heterocycles. The number of nitrogens with zero attached hydrogens (tertiary/aromatic N) is 3. The standard InChI is InChI=1S/C25H33N5O2/c1-29(14-15-30(2)25(31)21-7-8-21)23-10-9-22(17-28-27-12-11-23)19-3-5-20(6-4-19)24-18-26-13-16-32-24/h3-6,9-12,17,21,24,26,28H,7-8,13-16,18H2,1-2H3. The molecule has 1 saturated carbocycles. The predicted molar refractivity (Wildman–Crippen MR) is 127 cm³/mol. The van der Waals surface area contributed by atoms with Gasteiger partial charge in [-0.1, -0.05) is 30.3 Å². The second kappa shape index (κ2) is 10.6. The average Bonchev–Trinajstić information content (AvgIpc) is 3.66. The van der Waals surface area contributed by atoms with Crippen LogP contribution in [0.15, 0.2) is 54.9 Å². The van der Waals surface area contributed by atoms with E-state index in [-0.39, 0.29) is 17.9 Å². The minimum atomic E-state index is 0.110. The zero-order valence-corrected chi connectivity index (χ0v) is 19.0. The number of carbonyl (C=O) groups excluding carboxylic acids is 1. The number of hydrogen-bond acceptors (Lipinski definition) is 5. The average molecular weight is 436 g/mol.